The normalized spacial score (nSPS) is 18.4. The smallest absolute Gasteiger partial charge is 0.300 e. The van der Waals surface area contributed by atoms with E-state index >= 15 is 0 Å². The van der Waals surface area contributed by atoms with Gasteiger partial charge >= 0.3 is 0 Å². The molecule has 8 nitrogen and oxygen atoms in total. The zero-order chi connectivity index (χ0) is 15.4. The summed E-state index contributed by atoms with van der Waals surface area (Å²) in [6, 6.07) is 1.10. The summed E-state index contributed by atoms with van der Waals surface area (Å²) in [6.45, 7) is 0.363. The van der Waals surface area contributed by atoms with Gasteiger partial charge in [0.25, 0.3) is 11.6 Å². The summed E-state index contributed by atoms with van der Waals surface area (Å²) < 4.78 is 0. The summed E-state index contributed by atoms with van der Waals surface area (Å²) in [5.41, 5.74) is -0.319. The second kappa shape index (κ2) is 6.49. The van der Waals surface area contributed by atoms with Crippen LogP contribution in [0.3, 0.4) is 0 Å². The minimum Gasteiger partial charge on any atom is -0.394 e. The summed E-state index contributed by atoms with van der Waals surface area (Å²) in [5.74, 6) is -0.0409. The fourth-order valence-corrected chi connectivity index (χ4v) is 2.51. The van der Waals surface area contributed by atoms with Gasteiger partial charge in [-0.05, 0) is 19.3 Å². The highest BCUT2D eigenvalue weighted by Gasteiger charge is 2.31. The van der Waals surface area contributed by atoms with Crippen molar-refractivity contribution in [3.8, 4) is 0 Å². The molecule has 0 radical (unpaired) electrons. The Balaban J connectivity index is 2.38. The van der Waals surface area contributed by atoms with Gasteiger partial charge in [-0.25, -0.2) is 4.98 Å². The number of carbonyl (C=O) groups excluding carboxylic acids is 1. The van der Waals surface area contributed by atoms with Crippen LogP contribution in [0.25, 0.3) is 0 Å². The maximum absolute atomic E-state index is 12.6. The Morgan fingerprint density at radius 2 is 2.38 bits per heavy atom. The van der Waals surface area contributed by atoms with Crippen LogP contribution in [-0.4, -0.2) is 52.1 Å². The first kappa shape index (κ1) is 15.2. The highest BCUT2D eigenvalue weighted by Crippen LogP contribution is 2.25. The standard InChI is InChI=1S/C13H18N4O4/c1-14-12-6-10(11(7-15-12)17(20)21)13(19)16-5-3-2-4-9(16)8-18/h6-7,9,18H,2-5,8H2,1H3,(H,14,15). The first-order valence-electron chi connectivity index (χ1n) is 6.82. The van der Waals surface area contributed by atoms with Gasteiger partial charge < -0.3 is 15.3 Å². The van der Waals surface area contributed by atoms with Crippen LogP contribution in [-0.2, 0) is 0 Å². The number of pyridine rings is 1. The van der Waals surface area contributed by atoms with E-state index in [0.29, 0.717) is 18.8 Å². The zero-order valence-corrected chi connectivity index (χ0v) is 11.8. The SMILES string of the molecule is CNc1cc(C(=O)N2CCCCC2CO)c([N+](=O)[O-])cn1. The monoisotopic (exact) mass is 294 g/mol. The molecule has 1 fully saturated rings. The number of nitro groups is 1. The molecule has 0 spiro atoms. The Labute approximate surface area is 121 Å². The van der Waals surface area contributed by atoms with Crippen LogP contribution in [0.2, 0.25) is 0 Å². The van der Waals surface area contributed by atoms with E-state index in [0.717, 1.165) is 19.0 Å². The van der Waals surface area contributed by atoms with Gasteiger partial charge in [0.05, 0.1) is 17.6 Å². The van der Waals surface area contributed by atoms with Gasteiger partial charge in [0.15, 0.2) is 0 Å². The Morgan fingerprint density at radius 1 is 1.62 bits per heavy atom. The third kappa shape index (κ3) is 3.10. The van der Waals surface area contributed by atoms with E-state index in [4.69, 9.17) is 0 Å². The minimum atomic E-state index is -0.614. The van der Waals surface area contributed by atoms with Crippen molar-refractivity contribution in [3.05, 3.63) is 27.9 Å². The largest absolute Gasteiger partial charge is 0.394 e. The minimum absolute atomic E-state index is 0.000278. The van der Waals surface area contributed by atoms with Gasteiger partial charge in [0.1, 0.15) is 17.6 Å². The lowest BCUT2D eigenvalue weighted by Gasteiger charge is -2.34. The van der Waals surface area contributed by atoms with Gasteiger partial charge in [0, 0.05) is 19.7 Å². The molecule has 1 saturated heterocycles. The molecule has 1 atom stereocenters. The van der Waals surface area contributed by atoms with Crippen LogP contribution in [0.5, 0.6) is 0 Å². The number of aromatic nitrogens is 1. The Morgan fingerprint density at radius 3 is 3.00 bits per heavy atom. The quantitative estimate of drug-likeness (QED) is 0.634. The number of aliphatic hydroxyl groups is 1. The number of carbonyl (C=O) groups is 1. The Hall–Kier alpha value is -2.22. The second-order valence-electron chi connectivity index (χ2n) is 4.92. The number of piperidine rings is 1. The predicted octanol–water partition coefficient (Wildman–Crippen LogP) is 1.02. The number of anilines is 1. The van der Waals surface area contributed by atoms with Crippen LogP contribution < -0.4 is 5.32 Å². The van der Waals surface area contributed by atoms with E-state index in [1.54, 1.807) is 7.05 Å². The number of hydrogen-bond donors (Lipinski definition) is 2. The van der Waals surface area contributed by atoms with E-state index in [9.17, 15) is 20.0 Å². The molecular formula is C13H18N4O4. The lowest BCUT2D eigenvalue weighted by molar-refractivity contribution is -0.385. The van der Waals surface area contributed by atoms with Gasteiger partial charge in [-0.3, -0.25) is 14.9 Å². The summed E-state index contributed by atoms with van der Waals surface area (Å²) in [5, 5.41) is 23.2. The van der Waals surface area contributed by atoms with E-state index in [2.05, 4.69) is 10.3 Å². The van der Waals surface area contributed by atoms with Crippen molar-refractivity contribution in [3.63, 3.8) is 0 Å². The second-order valence-corrected chi connectivity index (χ2v) is 4.92. The molecule has 0 bridgehead atoms. The van der Waals surface area contributed by atoms with E-state index in [-0.39, 0.29) is 23.9 Å². The topological polar surface area (TPSA) is 109 Å². The number of amides is 1. The van der Waals surface area contributed by atoms with Crippen molar-refractivity contribution in [1.29, 1.82) is 0 Å². The molecule has 2 rings (SSSR count). The summed E-state index contributed by atoms with van der Waals surface area (Å²) in [6.07, 6.45) is 3.56. The van der Waals surface area contributed by atoms with Crippen LogP contribution in [0.4, 0.5) is 11.5 Å². The number of nitrogens with zero attached hydrogens (tertiary/aromatic N) is 3. The number of aliphatic hydroxyl groups excluding tert-OH is 1. The molecule has 1 unspecified atom stereocenters. The van der Waals surface area contributed by atoms with Gasteiger partial charge in [-0.1, -0.05) is 0 Å². The lowest BCUT2D eigenvalue weighted by Crippen LogP contribution is -2.45. The molecule has 1 aliphatic heterocycles. The molecule has 2 N–H and O–H groups in total. The van der Waals surface area contributed by atoms with Crippen molar-refractivity contribution in [2.75, 3.05) is 25.5 Å². The molecule has 1 aliphatic rings. The summed E-state index contributed by atoms with van der Waals surface area (Å²) in [7, 11) is 1.62. The molecule has 2 heterocycles. The average molecular weight is 294 g/mol. The van der Waals surface area contributed by atoms with E-state index in [1.165, 1.54) is 11.0 Å². The van der Waals surface area contributed by atoms with Crippen molar-refractivity contribution < 1.29 is 14.8 Å². The van der Waals surface area contributed by atoms with Crippen LogP contribution >= 0.6 is 0 Å². The third-order valence-electron chi connectivity index (χ3n) is 3.66. The lowest BCUT2D eigenvalue weighted by atomic mass is 10.0. The number of nitrogens with one attached hydrogen (secondary N) is 1. The highest BCUT2D eigenvalue weighted by molar-refractivity contribution is 5.99. The highest BCUT2D eigenvalue weighted by atomic mass is 16.6. The number of hydrogen-bond acceptors (Lipinski definition) is 6. The van der Waals surface area contributed by atoms with Gasteiger partial charge in [-0.15, -0.1) is 0 Å². The fourth-order valence-electron chi connectivity index (χ4n) is 2.51. The molecule has 0 aromatic carbocycles. The molecule has 114 valence electrons. The first-order chi connectivity index (χ1) is 10.1. The molecule has 1 amide bonds. The van der Waals surface area contributed by atoms with E-state index in [1.807, 2.05) is 0 Å². The van der Waals surface area contributed by atoms with Crippen LogP contribution in [0.15, 0.2) is 12.3 Å². The van der Waals surface area contributed by atoms with E-state index < -0.39 is 10.8 Å². The number of rotatable bonds is 4. The van der Waals surface area contributed by atoms with Crippen molar-refractivity contribution in [2.45, 2.75) is 25.3 Å². The predicted molar refractivity (Wildman–Crippen MR) is 76.2 cm³/mol. The van der Waals surface area contributed by atoms with Gasteiger partial charge in [0.2, 0.25) is 0 Å². The maximum Gasteiger partial charge on any atom is 0.300 e. The Bertz CT molecular complexity index is 549. The third-order valence-corrected chi connectivity index (χ3v) is 3.66. The molecule has 0 aliphatic carbocycles. The maximum atomic E-state index is 12.6. The molecule has 1 aromatic heterocycles. The summed E-state index contributed by atoms with van der Waals surface area (Å²) >= 11 is 0. The fraction of sp³-hybridized carbons (Fsp3) is 0.538. The first-order valence-corrected chi connectivity index (χ1v) is 6.82. The summed E-state index contributed by atoms with van der Waals surface area (Å²) in [4.78, 5) is 28.5. The molecule has 21 heavy (non-hydrogen) atoms. The number of likely N-dealkylation sites (tertiary alicyclic amines) is 1. The zero-order valence-electron chi connectivity index (χ0n) is 11.8. The Kier molecular flexibility index (Phi) is 4.69. The van der Waals surface area contributed by atoms with Crippen LogP contribution in [0.1, 0.15) is 29.6 Å². The van der Waals surface area contributed by atoms with Gasteiger partial charge in [-0.2, -0.15) is 0 Å². The molecule has 0 saturated carbocycles. The van der Waals surface area contributed by atoms with Crippen molar-refractivity contribution in [2.24, 2.45) is 0 Å². The molecule has 8 heteroatoms. The van der Waals surface area contributed by atoms with Crippen LogP contribution in [0, 0.1) is 10.1 Å². The molecular weight excluding hydrogens is 276 g/mol. The van der Waals surface area contributed by atoms with Crippen molar-refractivity contribution >= 4 is 17.4 Å². The molecule has 1 aromatic rings. The average Bonchev–Trinajstić information content (AvgIpc) is 2.53. The van der Waals surface area contributed by atoms with Crippen molar-refractivity contribution in [1.82, 2.24) is 9.88 Å².